The van der Waals surface area contributed by atoms with Crippen LogP contribution in [0.1, 0.15) is 46.0 Å². The summed E-state index contributed by atoms with van der Waals surface area (Å²) in [6, 6.07) is -0.186. The highest BCUT2D eigenvalue weighted by Crippen LogP contribution is 2.44. The number of carbonyl (C=O) groups excluding carboxylic acids is 1. The summed E-state index contributed by atoms with van der Waals surface area (Å²) in [6.07, 6.45) is -2.05. The molecule has 0 spiro atoms. The van der Waals surface area contributed by atoms with Crippen molar-refractivity contribution < 1.29 is 22.7 Å². The predicted molar refractivity (Wildman–Crippen MR) is 108 cm³/mol. The van der Waals surface area contributed by atoms with Gasteiger partial charge in [-0.3, -0.25) is 4.79 Å². The molecule has 8 heteroatoms. The quantitative estimate of drug-likeness (QED) is 0.639. The Morgan fingerprint density at radius 1 is 1.00 bits per heavy atom. The smallest absolute Gasteiger partial charge is 0.226 e. The second-order valence-electron chi connectivity index (χ2n) is 10.1. The maximum Gasteiger partial charge on any atom is 0.226 e. The van der Waals surface area contributed by atoms with Gasteiger partial charge in [0.15, 0.2) is 6.17 Å². The summed E-state index contributed by atoms with van der Waals surface area (Å²) in [7, 11) is 1.67. The van der Waals surface area contributed by atoms with Crippen molar-refractivity contribution >= 4 is 5.91 Å². The van der Waals surface area contributed by atoms with E-state index < -0.39 is 24.6 Å². The number of fused-ring (bicyclic) bond motifs is 2. The topological polar surface area (TPSA) is 62.4 Å². The van der Waals surface area contributed by atoms with Gasteiger partial charge in [-0.05, 0) is 63.7 Å². The van der Waals surface area contributed by atoms with Gasteiger partial charge in [0, 0.05) is 37.8 Å². The Labute approximate surface area is 177 Å². The third kappa shape index (κ3) is 3.99. The molecule has 5 nitrogen and oxygen atoms in total. The molecule has 30 heavy (non-hydrogen) atoms. The van der Waals surface area contributed by atoms with Crippen LogP contribution in [0.5, 0.6) is 0 Å². The van der Waals surface area contributed by atoms with E-state index >= 15 is 0 Å². The summed E-state index contributed by atoms with van der Waals surface area (Å²) in [6.45, 7) is 4.50. The number of alkyl halides is 3. The van der Waals surface area contributed by atoms with E-state index in [0.717, 1.165) is 25.7 Å². The maximum atomic E-state index is 14.4. The molecule has 1 amide bonds. The number of hydrogen-bond acceptors (Lipinski definition) is 4. The summed E-state index contributed by atoms with van der Waals surface area (Å²) in [5.41, 5.74) is 0. The molecule has 11 unspecified atom stereocenters. The van der Waals surface area contributed by atoms with E-state index in [9.17, 15) is 18.0 Å². The van der Waals surface area contributed by atoms with Crippen molar-refractivity contribution in [1.29, 1.82) is 0 Å². The fraction of sp³-hybridized carbons (Fsp3) is 0.955. The predicted octanol–water partition coefficient (Wildman–Crippen LogP) is 2.30. The average Bonchev–Trinajstić information content (AvgIpc) is 3.13. The van der Waals surface area contributed by atoms with Crippen LogP contribution >= 0.6 is 0 Å². The zero-order chi connectivity index (χ0) is 21.6. The van der Waals surface area contributed by atoms with Gasteiger partial charge in [-0.2, -0.15) is 0 Å². The molecule has 0 radical (unpaired) electrons. The van der Waals surface area contributed by atoms with Crippen molar-refractivity contribution in [3.8, 4) is 0 Å². The van der Waals surface area contributed by atoms with E-state index in [2.05, 4.69) is 16.0 Å². The van der Waals surface area contributed by atoms with E-state index in [1.807, 2.05) is 13.8 Å². The lowest BCUT2D eigenvalue weighted by Gasteiger charge is -2.49. The molecule has 2 saturated carbocycles. The largest absolute Gasteiger partial charge is 0.381 e. The molecule has 2 aliphatic carbocycles. The zero-order valence-corrected chi connectivity index (χ0v) is 18.1. The van der Waals surface area contributed by atoms with E-state index in [1.54, 1.807) is 7.11 Å². The minimum Gasteiger partial charge on any atom is -0.381 e. The van der Waals surface area contributed by atoms with Crippen molar-refractivity contribution in [2.75, 3.05) is 13.7 Å². The second kappa shape index (κ2) is 8.94. The lowest BCUT2D eigenvalue weighted by molar-refractivity contribution is -0.138. The van der Waals surface area contributed by atoms with Crippen LogP contribution < -0.4 is 16.0 Å². The van der Waals surface area contributed by atoms with Gasteiger partial charge in [-0.15, -0.1) is 0 Å². The number of nitrogens with one attached hydrogen (secondary N) is 3. The van der Waals surface area contributed by atoms with Gasteiger partial charge in [0.2, 0.25) is 5.91 Å². The third-order valence-corrected chi connectivity index (χ3v) is 8.02. The van der Waals surface area contributed by atoms with Crippen LogP contribution in [0.25, 0.3) is 0 Å². The van der Waals surface area contributed by atoms with E-state index in [1.165, 1.54) is 0 Å². The Kier molecular flexibility index (Phi) is 6.66. The molecule has 2 aliphatic heterocycles. The van der Waals surface area contributed by atoms with Gasteiger partial charge in [0.05, 0.1) is 12.0 Å². The van der Waals surface area contributed by atoms with Gasteiger partial charge in [0.1, 0.15) is 12.3 Å². The zero-order valence-electron chi connectivity index (χ0n) is 18.1. The average molecular weight is 432 g/mol. The minimum atomic E-state index is -2.02. The van der Waals surface area contributed by atoms with Crippen LogP contribution in [0.3, 0.4) is 0 Å². The molecule has 0 aromatic rings. The summed E-state index contributed by atoms with van der Waals surface area (Å²) < 4.78 is 47.9. The first-order chi connectivity index (χ1) is 14.3. The Hall–Kier alpha value is -0.860. The number of methoxy groups -OCH3 is 1. The van der Waals surface area contributed by atoms with Gasteiger partial charge in [-0.25, -0.2) is 13.2 Å². The van der Waals surface area contributed by atoms with Crippen LogP contribution in [-0.2, 0) is 9.53 Å². The highest BCUT2D eigenvalue weighted by atomic mass is 19.2. The Balaban J connectivity index is 1.45. The molecule has 4 aliphatic rings. The standard InChI is InChI=1S/C22H36F3N3O2/c1-10(2)27-22(29)18-11-4-5-16(28-15(11)6-7-17(18)30-3)13-9-26-21-12(13)8-14(23)19(24)20(21)25/h10-21,26,28H,4-9H2,1-3H3,(H,27,29). The van der Waals surface area contributed by atoms with Crippen LogP contribution in [0.4, 0.5) is 13.2 Å². The highest BCUT2D eigenvalue weighted by Gasteiger charge is 2.54. The Morgan fingerprint density at radius 2 is 1.70 bits per heavy atom. The molecule has 0 aromatic carbocycles. The molecule has 3 N–H and O–H groups in total. The first kappa shape index (κ1) is 22.3. The molecule has 0 bridgehead atoms. The number of halogens is 3. The van der Waals surface area contributed by atoms with Crippen molar-refractivity contribution in [3.63, 3.8) is 0 Å². The lowest BCUT2D eigenvalue weighted by Crippen LogP contribution is -2.60. The van der Waals surface area contributed by atoms with Crippen molar-refractivity contribution in [1.82, 2.24) is 16.0 Å². The number of carbonyl (C=O) groups is 1. The minimum absolute atomic E-state index is 0.0520. The molecule has 11 atom stereocenters. The fourth-order valence-corrected chi connectivity index (χ4v) is 6.67. The Bertz CT molecular complexity index is 624. The SMILES string of the molecule is COC1CCC2NC(C3CNC4C(F)C(F)C(F)CC34)CCC2C1C(=O)NC(C)C. The van der Waals surface area contributed by atoms with Crippen LogP contribution in [0, 0.1) is 23.7 Å². The van der Waals surface area contributed by atoms with Gasteiger partial charge >= 0.3 is 0 Å². The second-order valence-corrected chi connectivity index (χ2v) is 10.1. The van der Waals surface area contributed by atoms with Gasteiger partial charge in [-0.1, -0.05) is 0 Å². The fourth-order valence-electron chi connectivity index (χ4n) is 6.67. The van der Waals surface area contributed by atoms with Crippen molar-refractivity contribution in [2.24, 2.45) is 23.7 Å². The van der Waals surface area contributed by atoms with E-state index in [4.69, 9.17) is 4.74 Å². The molecule has 0 aromatic heterocycles. The lowest BCUT2D eigenvalue weighted by atomic mass is 9.66. The highest BCUT2D eigenvalue weighted by molar-refractivity contribution is 5.80. The number of piperidine rings is 1. The van der Waals surface area contributed by atoms with Crippen molar-refractivity contribution in [2.45, 2.75) is 94.7 Å². The summed E-state index contributed by atoms with van der Waals surface area (Å²) >= 11 is 0. The summed E-state index contributed by atoms with van der Waals surface area (Å²) in [5.74, 6) is -0.0506. The van der Waals surface area contributed by atoms with Gasteiger partial charge < -0.3 is 20.7 Å². The van der Waals surface area contributed by atoms with Crippen LogP contribution in [0.2, 0.25) is 0 Å². The third-order valence-electron chi connectivity index (χ3n) is 8.02. The Morgan fingerprint density at radius 3 is 2.40 bits per heavy atom. The number of ether oxygens (including phenoxy) is 1. The molecule has 2 saturated heterocycles. The summed E-state index contributed by atoms with van der Waals surface area (Å²) in [4.78, 5) is 12.9. The normalized spacial score (nSPS) is 48.8. The number of amides is 1. The number of hydrogen-bond donors (Lipinski definition) is 3. The summed E-state index contributed by atoms with van der Waals surface area (Å²) in [5, 5.41) is 9.93. The first-order valence-corrected chi connectivity index (χ1v) is 11.6. The molecule has 4 rings (SSSR count). The molecule has 172 valence electrons. The maximum absolute atomic E-state index is 14.4. The van der Waals surface area contributed by atoms with E-state index in [0.29, 0.717) is 6.54 Å². The molecular formula is C22H36F3N3O2. The first-order valence-electron chi connectivity index (χ1n) is 11.6. The van der Waals surface area contributed by atoms with Crippen LogP contribution in [-0.4, -0.2) is 68.3 Å². The number of rotatable bonds is 4. The van der Waals surface area contributed by atoms with E-state index in [-0.39, 0.29) is 60.2 Å². The monoisotopic (exact) mass is 431 g/mol. The molecule has 4 fully saturated rings. The van der Waals surface area contributed by atoms with Crippen molar-refractivity contribution in [3.05, 3.63) is 0 Å². The molecule has 2 heterocycles. The molecular weight excluding hydrogens is 395 g/mol. The van der Waals surface area contributed by atoms with Gasteiger partial charge in [0.25, 0.3) is 0 Å². The van der Waals surface area contributed by atoms with Crippen LogP contribution in [0.15, 0.2) is 0 Å².